The second-order valence-corrected chi connectivity index (χ2v) is 8.89. The Morgan fingerprint density at radius 3 is 2.53 bits per heavy atom. The summed E-state index contributed by atoms with van der Waals surface area (Å²) in [7, 11) is 1.57. The number of fused-ring (bicyclic) bond motifs is 1. The van der Waals surface area contributed by atoms with E-state index in [1.807, 2.05) is 0 Å². The van der Waals surface area contributed by atoms with E-state index in [-0.39, 0.29) is 29.0 Å². The lowest BCUT2D eigenvalue weighted by molar-refractivity contribution is 0.0991. The molecule has 3 heterocycles. The number of carbonyl (C=O) groups excluding carboxylic acids is 1. The minimum atomic E-state index is -0.381. The number of hydrogen-bond acceptors (Lipinski definition) is 6. The molecule has 3 aromatic heterocycles. The molecule has 0 saturated carbocycles. The van der Waals surface area contributed by atoms with E-state index in [2.05, 4.69) is 15.0 Å². The predicted molar refractivity (Wildman–Crippen MR) is 143 cm³/mol. The first-order chi connectivity index (χ1) is 18.3. The number of ether oxygens (including phenoxy) is 2. The minimum Gasteiger partial charge on any atom is -0.495 e. The molecule has 2 aromatic carbocycles. The summed E-state index contributed by atoms with van der Waals surface area (Å²) in [6, 6.07) is 14.8. The Morgan fingerprint density at radius 2 is 1.79 bits per heavy atom. The fourth-order valence-electron chi connectivity index (χ4n) is 4.33. The number of Topliss-reactive ketones (excluding diaryl/α,β-unsaturated/α-hetero) is 1. The van der Waals surface area contributed by atoms with Crippen molar-refractivity contribution in [2.45, 2.75) is 20.3 Å². The van der Waals surface area contributed by atoms with Crippen molar-refractivity contribution in [2.24, 2.45) is 0 Å². The van der Waals surface area contributed by atoms with E-state index in [1.54, 1.807) is 75.8 Å². The van der Waals surface area contributed by atoms with E-state index in [4.69, 9.17) is 9.47 Å². The zero-order valence-electron chi connectivity index (χ0n) is 21.0. The third-order valence-electron chi connectivity index (χ3n) is 6.30. The highest BCUT2D eigenvalue weighted by Crippen LogP contribution is 2.29. The van der Waals surface area contributed by atoms with Gasteiger partial charge < -0.3 is 14.5 Å². The third kappa shape index (κ3) is 4.88. The van der Waals surface area contributed by atoms with Gasteiger partial charge in [-0.05, 0) is 54.8 Å². The smallest absolute Gasteiger partial charge is 0.200 e. The van der Waals surface area contributed by atoms with E-state index in [0.29, 0.717) is 50.7 Å². The van der Waals surface area contributed by atoms with Crippen LogP contribution in [-0.2, 0) is 6.42 Å². The SMILES string of the molecule is COc1cnc2c(Oc3ccc(CC(=O)c4c[nH]c(C)c(-c5ccc(F)cc5C)c4=O)cc3)ccnc2c1. The van der Waals surface area contributed by atoms with E-state index in [0.717, 1.165) is 5.56 Å². The molecular formula is C30H24FN3O4. The maximum absolute atomic E-state index is 13.6. The number of carbonyl (C=O) groups is 1. The number of methoxy groups -OCH3 is 1. The molecular weight excluding hydrogens is 485 g/mol. The molecule has 0 amide bonds. The van der Waals surface area contributed by atoms with E-state index in [9.17, 15) is 14.0 Å². The van der Waals surface area contributed by atoms with Crippen molar-refractivity contribution < 1.29 is 18.7 Å². The molecule has 0 bridgehead atoms. The minimum absolute atomic E-state index is 0.0355. The van der Waals surface area contributed by atoms with Crippen LogP contribution in [0.3, 0.4) is 0 Å². The molecule has 38 heavy (non-hydrogen) atoms. The number of rotatable bonds is 7. The molecule has 0 fully saturated rings. The van der Waals surface area contributed by atoms with E-state index >= 15 is 0 Å². The first-order valence-electron chi connectivity index (χ1n) is 11.9. The quantitative estimate of drug-likeness (QED) is 0.272. The van der Waals surface area contributed by atoms with Crippen molar-refractivity contribution >= 4 is 16.8 Å². The third-order valence-corrected chi connectivity index (χ3v) is 6.30. The summed E-state index contributed by atoms with van der Waals surface area (Å²) in [5.74, 6) is 1.00. The first-order valence-corrected chi connectivity index (χ1v) is 11.9. The number of ketones is 1. The molecule has 0 aliphatic heterocycles. The standard InChI is InChI=1S/C30H24FN3O4/c1-17-12-20(31)6-9-23(17)28-18(2)33-16-24(30(28)36)26(35)13-19-4-7-21(8-5-19)38-27-10-11-32-25-14-22(37-3)15-34-29(25)27/h4-12,14-16H,13H2,1-3H3,(H,33,36). The molecule has 7 nitrogen and oxygen atoms in total. The number of H-pyrrole nitrogens is 1. The summed E-state index contributed by atoms with van der Waals surface area (Å²) in [6.45, 7) is 3.49. The second kappa shape index (κ2) is 10.3. The zero-order chi connectivity index (χ0) is 26.8. The van der Waals surface area contributed by atoms with Crippen molar-refractivity contribution in [1.29, 1.82) is 0 Å². The first kappa shape index (κ1) is 24.8. The highest BCUT2D eigenvalue weighted by Gasteiger charge is 2.18. The van der Waals surface area contributed by atoms with Gasteiger partial charge in [0.25, 0.3) is 0 Å². The van der Waals surface area contributed by atoms with Crippen LogP contribution < -0.4 is 14.9 Å². The summed E-state index contributed by atoms with van der Waals surface area (Å²) in [4.78, 5) is 38.1. The van der Waals surface area contributed by atoms with Crippen LogP contribution in [0.4, 0.5) is 4.39 Å². The van der Waals surface area contributed by atoms with Crippen molar-refractivity contribution in [3.8, 4) is 28.4 Å². The Hall–Kier alpha value is -4.85. The van der Waals surface area contributed by atoms with Gasteiger partial charge in [0, 0.05) is 42.2 Å². The molecule has 1 N–H and O–H groups in total. The van der Waals surface area contributed by atoms with Gasteiger partial charge >= 0.3 is 0 Å². The van der Waals surface area contributed by atoms with Gasteiger partial charge in [0.1, 0.15) is 22.8 Å². The number of aromatic nitrogens is 3. The predicted octanol–water partition coefficient (Wildman–Crippen LogP) is 5.97. The number of pyridine rings is 3. The molecule has 0 saturated heterocycles. The van der Waals surface area contributed by atoms with Crippen LogP contribution >= 0.6 is 0 Å². The number of nitrogens with one attached hydrogen (secondary N) is 1. The summed E-state index contributed by atoms with van der Waals surface area (Å²) >= 11 is 0. The lowest BCUT2D eigenvalue weighted by atomic mass is 9.95. The Kier molecular flexibility index (Phi) is 6.70. The number of benzene rings is 2. The summed E-state index contributed by atoms with van der Waals surface area (Å²) in [6.07, 6.45) is 4.71. The Balaban J connectivity index is 1.36. The van der Waals surface area contributed by atoms with Gasteiger partial charge in [-0.2, -0.15) is 0 Å². The van der Waals surface area contributed by atoms with Crippen LogP contribution in [0, 0.1) is 19.7 Å². The molecule has 8 heteroatoms. The lowest BCUT2D eigenvalue weighted by Crippen LogP contribution is -2.20. The Labute approximate surface area is 217 Å². The normalized spacial score (nSPS) is 10.9. The molecule has 0 unspecified atom stereocenters. The monoisotopic (exact) mass is 509 g/mol. The maximum atomic E-state index is 13.6. The van der Waals surface area contributed by atoms with Gasteiger partial charge in [-0.3, -0.25) is 14.6 Å². The lowest BCUT2D eigenvalue weighted by Gasteiger charge is -2.11. The summed E-state index contributed by atoms with van der Waals surface area (Å²) < 4.78 is 24.8. The second-order valence-electron chi connectivity index (χ2n) is 8.89. The molecule has 0 aliphatic carbocycles. The zero-order valence-corrected chi connectivity index (χ0v) is 21.0. The van der Waals surface area contributed by atoms with Crippen LogP contribution in [-0.4, -0.2) is 27.8 Å². The molecule has 190 valence electrons. The van der Waals surface area contributed by atoms with Crippen molar-refractivity contribution in [1.82, 2.24) is 15.0 Å². The number of aromatic amines is 1. The number of hydrogen-bond donors (Lipinski definition) is 1. The maximum Gasteiger partial charge on any atom is 0.200 e. The van der Waals surface area contributed by atoms with Crippen LogP contribution in [0.2, 0.25) is 0 Å². The van der Waals surface area contributed by atoms with Crippen LogP contribution in [0.5, 0.6) is 17.2 Å². The van der Waals surface area contributed by atoms with E-state index in [1.165, 1.54) is 18.3 Å². The molecule has 5 rings (SSSR count). The van der Waals surface area contributed by atoms with Gasteiger partial charge in [0.2, 0.25) is 0 Å². The summed E-state index contributed by atoms with van der Waals surface area (Å²) in [5, 5.41) is 0. The number of nitrogens with zero attached hydrogens (tertiary/aromatic N) is 2. The fraction of sp³-hybridized carbons (Fsp3) is 0.133. The van der Waals surface area contributed by atoms with Crippen molar-refractivity contribution in [3.05, 3.63) is 112 Å². The molecule has 0 aliphatic rings. The molecule has 5 aromatic rings. The molecule has 0 spiro atoms. The van der Waals surface area contributed by atoms with Crippen LogP contribution in [0.25, 0.3) is 22.2 Å². The molecule has 0 radical (unpaired) electrons. The highest BCUT2D eigenvalue weighted by atomic mass is 19.1. The average Bonchev–Trinajstić information content (AvgIpc) is 2.90. The van der Waals surface area contributed by atoms with Gasteiger partial charge in [-0.1, -0.05) is 18.2 Å². The van der Waals surface area contributed by atoms with Crippen LogP contribution in [0.1, 0.15) is 27.2 Å². The Morgan fingerprint density at radius 1 is 1.00 bits per heavy atom. The number of aryl methyl sites for hydroxylation is 2. The average molecular weight is 510 g/mol. The van der Waals surface area contributed by atoms with Gasteiger partial charge in [0.05, 0.1) is 24.4 Å². The van der Waals surface area contributed by atoms with Crippen molar-refractivity contribution in [2.75, 3.05) is 7.11 Å². The molecule has 0 atom stereocenters. The van der Waals surface area contributed by atoms with E-state index < -0.39 is 0 Å². The topological polar surface area (TPSA) is 94.2 Å². The van der Waals surface area contributed by atoms with Crippen molar-refractivity contribution in [3.63, 3.8) is 0 Å². The Bertz CT molecular complexity index is 1730. The van der Waals surface area contributed by atoms with Crippen LogP contribution in [0.15, 0.2) is 78.0 Å². The van der Waals surface area contributed by atoms with Gasteiger partial charge in [-0.15, -0.1) is 0 Å². The number of halogens is 1. The van der Waals surface area contributed by atoms with Gasteiger partial charge in [0.15, 0.2) is 17.0 Å². The largest absolute Gasteiger partial charge is 0.495 e. The van der Waals surface area contributed by atoms with Gasteiger partial charge in [-0.25, -0.2) is 9.37 Å². The highest BCUT2D eigenvalue weighted by molar-refractivity contribution is 5.98. The fourth-order valence-corrected chi connectivity index (χ4v) is 4.33. The summed E-state index contributed by atoms with van der Waals surface area (Å²) in [5.41, 5.74) is 3.83.